The normalized spacial score (nSPS) is 18.8. The second kappa shape index (κ2) is 14.3. The third-order valence-electron chi connectivity index (χ3n) is 8.94. The Morgan fingerprint density at radius 1 is 0.641 bits per heavy atom. The molecule has 0 nitrogen and oxygen atoms in total. The van der Waals surface area contributed by atoms with Crippen LogP contribution in [-0.4, -0.2) is 0 Å². The number of hydrogen-bond acceptors (Lipinski definition) is 0. The van der Waals surface area contributed by atoms with Gasteiger partial charge < -0.3 is 24.8 Å². The average molecular weight is 633 g/mol. The van der Waals surface area contributed by atoms with E-state index >= 15 is 0 Å². The molecule has 0 spiro atoms. The van der Waals surface area contributed by atoms with Crippen molar-refractivity contribution in [2.24, 2.45) is 10.8 Å². The average Bonchev–Trinajstić information content (AvgIpc) is 3.73. The summed E-state index contributed by atoms with van der Waals surface area (Å²) in [5.41, 5.74) is 11.9. The van der Waals surface area contributed by atoms with Crippen molar-refractivity contribution >= 4 is 12.2 Å². The summed E-state index contributed by atoms with van der Waals surface area (Å²) in [5.74, 6) is 0. The van der Waals surface area contributed by atoms with E-state index in [-0.39, 0.29) is 61.8 Å². The number of fused-ring (bicyclic) bond motifs is 2. The van der Waals surface area contributed by atoms with Crippen LogP contribution in [0.2, 0.25) is 0 Å². The standard InChI is InChI=1S/2C18H19.2ClH.Zr/c2*1-3-18(2,16-10-6-7-11-16)17-12-14-8-4-5-9-15(14)13-17;;;/h2*4-6,8-10,12H,3,7,13H2,1-2H3;2*1H;/q2*-1;;;+4/p-2. The van der Waals surface area contributed by atoms with Crippen LogP contribution in [0.25, 0.3) is 12.2 Å². The minimum atomic E-state index is 0. The largest absolute Gasteiger partial charge is 4.00 e. The first-order chi connectivity index (χ1) is 17.5. The monoisotopic (exact) mass is 630 g/mol. The maximum atomic E-state index is 3.52. The summed E-state index contributed by atoms with van der Waals surface area (Å²) >= 11 is 0. The first kappa shape index (κ1) is 33.5. The zero-order valence-electron chi connectivity index (χ0n) is 23.6. The smallest absolute Gasteiger partial charge is 1.00 e. The van der Waals surface area contributed by atoms with Gasteiger partial charge in [0.05, 0.1) is 0 Å². The Kier molecular flexibility index (Phi) is 12.3. The van der Waals surface area contributed by atoms with Gasteiger partial charge in [-0.05, 0) is 58.8 Å². The second-order valence-electron chi connectivity index (χ2n) is 10.9. The van der Waals surface area contributed by atoms with E-state index in [0.29, 0.717) is 0 Å². The fourth-order valence-electron chi connectivity index (χ4n) is 6.02. The molecule has 39 heavy (non-hydrogen) atoms. The van der Waals surface area contributed by atoms with Gasteiger partial charge in [0.1, 0.15) is 0 Å². The first-order valence-electron chi connectivity index (χ1n) is 13.6. The molecular formula is C36H38Cl2Zr. The molecule has 0 fully saturated rings. The molecule has 0 N–H and O–H groups in total. The molecule has 0 saturated carbocycles. The number of allylic oxidation sites excluding steroid dienone is 10. The van der Waals surface area contributed by atoms with Crippen LogP contribution in [0, 0.1) is 23.0 Å². The summed E-state index contributed by atoms with van der Waals surface area (Å²) in [5, 5.41) is 0. The van der Waals surface area contributed by atoms with Crippen molar-refractivity contribution in [3.8, 4) is 0 Å². The van der Waals surface area contributed by atoms with E-state index in [2.05, 4.69) is 125 Å². The first-order valence-corrected chi connectivity index (χ1v) is 13.6. The molecule has 4 aliphatic carbocycles. The molecule has 0 radical (unpaired) electrons. The molecule has 3 heteroatoms. The van der Waals surface area contributed by atoms with Crippen LogP contribution in [0.3, 0.4) is 0 Å². The van der Waals surface area contributed by atoms with Gasteiger partial charge in [0.2, 0.25) is 0 Å². The zero-order chi connectivity index (χ0) is 25.2. The molecule has 0 heterocycles. The van der Waals surface area contributed by atoms with E-state index in [1.165, 1.54) is 33.4 Å². The molecule has 200 valence electrons. The maximum Gasteiger partial charge on any atom is 4.00 e. The van der Waals surface area contributed by atoms with Crippen molar-refractivity contribution in [2.45, 2.75) is 66.2 Å². The van der Waals surface area contributed by atoms with Gasteiger partial charge in [0.15, 0.2) is 0 Å². The molecular weight excluding hydrogens is 595 g/mol. The van der Waals surface area contributed by atoms with Crippen molar-refractivity contribution in [3.63, 3.8) is 0 Å². The van der Waals surface area contributed by atoms with Crippen molar-refractivity contribution < 1.29 is 51.0 Å². The predicted molar refractivity (Wildman–Crippen MR) is 154 cm³/mol. The summed E-state index contributed by atoms with van der Waals surface area (Å²) < 4.78 is 0. The molecule has 2 aromatic carbocycles. The topological polar surface area (TPSA) is 0 Å². The molecule has 4 aliphatic rings. The SMILES string of the molecule is CCC(C)(C1=[C-]CC=C1)C1=Cc2ccccc2C1.CCC(C)(C1=[C-]CC=C1)C1=Cc2ccccc2C1.[Cl-].[Cl-].[Zr+4]. The Bertz CT molecular complexity index is 1240. The number of hydrogen-bond donors (Lipinski definition) is 0. The van der Waals surface area contributed by atoms with Gasteiger partial charge in [0.25, 0.3) is 0 Å². The Hall–Kier alpha value is -1.66. The van der Waals surface area contributed by atoms with Crippen molar-refractivity contribution in [1.82, 2.24) is 0 Å². The van der Waals surface area contributed by atoms with Gasteiger partial charge >= 0.3 is 26.2 Å². The van der Waals surface area contributed by atoms with E-state index in [1.807, 2.05) is 0 Å². The minimum Gasteiger partial charge on any atom is -1.00 e. The Morgan fingerprint density at radius 2 is 1.03 bits per heavy atom. The third kappa shape index (κ3) is 6.64. The Balaban J connectivity index is 0.000000254. The molecule has 2 unspecified atom stereocenters. The third-order valence-corrected chi connectivity index (χ3v) is 8.94. The van der Waals surface area contributed by atoms with E-state index in [4.69, 9.17) is 0 Å². The van der Waals surface area contributed by atoms with E-state index in [0.717, 1.165) is 38.5 Å². The summed E-state index contributed by atoms with van der Waals surface area (Å²) in [4.78, 5) is 0. The van der Waals surface area contributed by atoms with Crippen LogP contribution >= 0.6 is 0 Å². The van der Waals surface area contributed by atoms with Gasteiger partial charge in [-0.2, -0.15) is 12.2 Å². The number of halogens is 2. The van der Waals surface area contributed by atoms with Crippen LogP contribution in [0.5, 0.6) is 0 Å². The van der Waals surface area contributed by atoms with Gasteiger partial charge in [-0.1, -0.05) is 99.5 Å². The van der Waals surface area contributed by atoms with Gasteiger partial charge in [-0.15, -0.1) is 12.8 Å². The maximum absolute atomic E-state index is 3.52. The van der Waals surface area contributed by atoms with Crippen LogP contribution in [0.1, 0.15) is 75.6 Å². The minimum absolute atomic E-state index is 0. The summed E-state index contributed by atoms with van der Waals surface area (Å²) in [6, 6.07) is 17.5. The van der Waals surface area contributed by atoms with Crippen LogP contribution < -0.4 is 24.8 Å². The van der Waals surface area contributed by atoms with E-state index in [1.54, 1.807) is 11.1 Å². The molecule has 2 atom stereocenters. The quantitative estimate of drug-likeness (QED) is 0.429. The molecule has 0 amide bonds. The van der Waals surface area contributed by atoms with Gasteiger partial charge in [-0.3, -0.25) is 12.2 Å². The summed E-state index contributed by atoms with van der Waals surface area (Å²) in [6.45, 7) is 9.29. The fraction of sp³-hybridized carbons (Fsp3) is 0.333. The summed E-state index contributed by atoms with van der Waals surface area (Å²) in [7, 11) is 0. The second-order valence-corrected chi connectivity index (χ2v) is 10.9. The van der Waals surface area contributed by atoms with E-state index in [9.17, 15) is 0 Å². The van der Waals surface area contributed by atoms with Crippen LogP contribution in [-0.2, 0) is 39.0 Å². The molecule has 0 saturated heterocycles. The van der Waals surface area contributed by atoms with Crippen molar-refractivity contribution in [3.05, 3.63) is 130 Å². The Labute approximate surface area is 268 Å². The molecule has 0 aliphatic heterocycles. The van der Waals surface area contributed by atoms with Crippen molar-refractivity contribution in [2.75, 3.05) is 0 Å². The predicted octanol–water partition coefficient (Wildman–Crippen LogP) is 3.47. The van der Waals surface area contributed by atoms with E-state index < -0.39 is 0 Å². The van der Waals surface area contributed by atoms with Gasteiger partial charge in [-0.25, -0.2) is 23.3 Å². The fourth-order valence-corrected chi connectivity index (χ4v) is 6.02. The van der Waals surface area contributed by atoms with Crippen LogP contribution in [0.15, 0.2) is 95.1 Å². The molecule has 6 rings (SSSR count). The molecule has 2 aromatic rings. The Morgan fingerprint density at radius 3 is 1.33 bits per heavy atom. The van der Waals surface area contributed by atoms with Gasteiger partial charge in [0, 0.05) is 0 Å². The number of rotatable bonds is 6. The molecule has 0 aromatic heterocycles. The summed E-state index contributed by atoms with van der Waals surface area (Å²) in [6.07, 6.45) is 27.2. The van der Waals surface area contributed by atoms with Crippen molar-refractivity contribution in [1.29, 1.82) is 0 Å². The number of benzene rings is 2. The zero-order valence-corrected chi connectivity index (χ0v) is 27.6. The van der Waals surface area contributed by atoms with Crippen LogP contribution in [0.4, 0.5) is 0 Å². The molecule has 0 bridgehead atoms.